The van der Waals surface area contributed by atoms with Gasteiger partial charge < -0.3 is 4.74 Å². The molecule has 7 heteroatoms. The highest BCUT2D eigenvalue weighted by Crippen LogP contribution is 2.26. The molecule has 0 aliphatic heterocycles. The van der Waals surface area contributed by atoms with E-state index in [1.165, 1.54) is 12.0 Å². The first-order valence-electron chi connectivity index (χ1n) is 6.52. The van der Waals surface area contributed by atoms with Gasteiger partial charge in [0.1, 0.15) is 5.02 Å². The Balaban J connectivity index is 2.10. The SMILES string of the molecule is COC(=O)N(C)c1cccc(-c2ccnc3c(Cl)cnn23)c1. The third-order valence-electron chi connectivity index (χ3n) is 3.34. The lowest BCUT2D eigenvalue weighted by Crippen LogP contribution is -2.25. The molecule has 2 aromatic heterocycles. The number of nitrogens with zero attached hydrogens (tertiary/aromatic N) is 4. The number of hydrogen-bond donors (Lipinski definition) is 0. The molecule has 3 aromatic rings. The number of hydrogen-bond acceptors (Lipinski definition) is 4. The van der Waals surface area contributed by atoms with E-state index in [0.29, 0.717) is 16.4 Å². The molecule has 0 unspecified atom stereocenters. The fourth-order valence-corrected chi connectivity index (χ4v) is 2.37. The molecule has 3 rings (SSSR count). The summed E-state index contributed by atoms with van der Waals surface area (Å²) in [5.41, 5.74) is 3.02. The monoisotopic (exact) mass is 316 g/mol. The molecule has 0 N–H and O–H groups in total. The van der Waals surface area contributed by atoms with Gasteiger partial charge in [-0.15, -0.1) is 0 Å². The van der Waals surface area contributed by atoms with Crippen molar-refractivity contribution >= 4 is 29.0 Å². The van der Waals surface area contributed by atoms with E-state index in [-0.39, 0.29) is 0 Å². The van der Waals surface area contributed by atoms with E-state index in [9.17, 15) is 4.79 Å². The van der Waals surface area contributed by atoms with E-state index in [4.69, 9.17) is 16.3 Å². The fourth-order valence-electron chi connectivity index (χ4n) is 2.20. The van der Waals surface area contributed by atoms with Crippen LogP contribution in [0, 0.1) is 0 Å². The second-order valence-electron chi connectivity index (χ2n) is 4.64. The number of anilines is 1. The predicted octanol–water partition coefficient (Wildman–Crippen LogP) is 3.25. The summed E-state index contributed by atoms with van der Waals surface area (Å²) in [5.74, 6) is 0. The number of benzene rings is 1. The Morgan fingerprint density at radius 3 is 2.95 bits per heavy atom. The van der Waals surface area contributed by atoms with Crippen LogP contribution in [0.1, 0.15) is 0 Å². The van der Waals surface area contributed by atoms with Crippen LogP contribution in [-0.2, 0) is 4.74 Å². The first-order chi connectivity index (χ1) is 10.6. The predicted molar refractivity (Wildman–Crippen MR) is 84.2 cm³/mol. The molecule has 1 aromatic carbocycles. The van der Waals surface area contributed by atoms with Crippen molar-refractivity contribution in [3.8, 4) is 11.3 Å². The highest BCUT2D eigenvalue weighted by molar-refractivity contribution is 6.33. The van der Waals surface area contributed by atoms with Crippen molar-refractivity contribution < 1.29 is 9.53 Å². The van der Waals surface area contributed by atoms with E-state index in [2.05, 4.69) is 10.1 Å². The zero-order chi connectivity index (χ0) is 15.7. The fraction of sp³-hybridized carbons (Fsp3) is 0.133. The maximum atomic E-state index is 11.6. The van der Waals surface area contributed by atoms with E-state index in [1.54, 1.807) is 24.0 Å². The number of rotatable bonds is 2. The lowest BCUT2D eigenvalue weighted by atomic mass is 10.1. The van der Waals surface area contributed by atoms with Crippen molar-refractivity contribution in [3.05, 3.63) is 47.7 Å². The summed E-state index contributed by atoms with van der Waals surface area (Å²) in [6, 6.07) is 9.34. The maximum absolute atomic E-state index is 11.6. The molecule has 0 aliphatic rings. The number of aromatic nitrogens is 3. The minimum Gasteiger partial charge on any atom is -0.452 e. The smallest absolute Gasteiger partial charge is 0.413 e. The zero-order valence-electron chi connectivity index (χ0n) is 12.0. The van der Waals surface area contributed by atoms with Gasteiger partial charge in [-0.1, -0.05) is 23.7 Å². The van der Waals surface area contributed by atoms with Crippen LogP contribution in [0.4, 0.5) is 10.5 Å². The Morgan fingerprint density at radius 1 is 1.36 bits per heavy atom. The Hall–Kier alpha value is -2.60. The summed E-state index contributed by atoms with van der Waals surface area (Å²) in [6.45, 7) is 0. The molecule has 0 saturated carbocycles. The second kappa shape index (κ2) is 5.65. The van der Waals surface area contributed by atoms with Crippen LogP contribution in [0.15, 0.2) is 42.7 Å². The third kappa shape index (κ3) is 2.37. The molecule has 2 heterocycles. The summed E-state index contributed by atoms with van der Waals surface area (Å²) >= 11 is 6.06. The van der Waals surface area contributed by atoms with Crippen molar-refractivity contribution in [3.63, 3.8) is 0 Å². The lowest BCUT2D eigenvalue weighted by molar-refractivity contribution is 0.180. The Kier molecular flexibility index (Phi) is 3.68. The topological polar surface area (TPSA) is 59.7 Å². The molecule has 0 radical (unpaired) electrons. The summed E-state index contributed by atoms with van der Waals surface area (Å²) in [7, 11) is 3.00. The summed E-state index contributed by atoms with van der Waals surface area (Å²) in [4.78, 5) is 17.3. The summed E-state index contributed by atoms with van der Waals surface area (Å²) in [5, 5.41) is 4.73. The van der Waals surface area contributed by atoms with Gasteiger partial charge in [0.25, 0.3) is 0 Å². The van der Waals surface area contributed by atoms with Crippen molar-refractivity contribution in [1.29, 1.82) is 0 Å². The molecule has 0 spiro atoms. The van der Waals surface area contributed by atoms with Crippen LogP contribution in [0.5, 0.6) is 0 Å². The molecule has 0 bridgehead atoms. The van der Waals surface area contributed by atoms with E-state index in [1.807, 2.05) is 30.3 Å². The second-order valence-corrected chi connectivity index (χ2v) is 5.04. The summed E-state index contributed by atoms with van der Waals surface area (Å²) in [6.07, 6.45) is 2.80. The van der Waals surface area contributed by atoms with Crippen LogP contribution >= 0.6 is 11.6 Å². The molecule has 0 saturated heterocycles. The van der Waals surface area contributed by atoms with Crippen molar-refractivity contribution in [2.24, 2.45) is 0 Å². The molecule has 0 fully saturated rings. The Morgan fingerprint density at radius 2 is 2.18 bits per heavy atom. The number of methoxy groups -OCH3 is 1. The highest BCUT2D eigenvalue weighted by atomic mass is 35.5. The van der Waals surface area contributed by atoms with Crippen LogP contribution < -0.4 is 4.90 Å². The van der Waals surface area contributed by atoms with Gasteiger partial charge >= 0.3 is 6.09 Å². The van der Waals surface area contributed by atoms with Gasteiger partial charge in [-0.3, -0.25) is 4.90 Å². The van der Waals surface area contributed by atoms with E-state index < -0.39 is 6.09 Å². The van der Waals surface area contributed by atoms with Crippen LogP contribution in [-0.4, -0.2) is 34.8 Å². The lowest BCUT2D eigenvalue weighted by Gasteiger charge is -2.16. The normalized spacial score (nSPS) is 10.7. The third-order valence-corrected chi connectivity index (χ3v) is 3.60. The Labute approximate surface area is 131 Å². The highest BCUT2D eigenvalue weighted by Gasteiger charge is 2.13. The van der Waals surface area contributed by atoms with Gasteiger partial charge in [-0.05, 0) is 18.2 Å². The maximum Gasteiger partial charge on any atom is 0.413 e. The molecule has 112 valence electrons. The van der Waals surface area contributed by atoms with Crippen molar-refractivity contribution in [1.82, 2.24) is 14.6 Å². The van der Waals surface area contributed by atoms with E-state index >= 15 is 0 Å². The molecule has 6 nitrogen and oxygen atoms in total. The molecular formula is C15H13ClN4O2. The van der Waals surface area contributed by atoms with Crippen LogP contribution in [0.25, 0.3) is 16.9 Å². The number of carbonyl (C=O) groups excluding carboxylic acids is 1. The number of fused-ring (bicyclic) bond motifs is 1. The average molecular weight is 317 g/mol. The van der Waals surface area contributed by atoms with Gasteiger partial charge in [-0.25, -0.2) is 14.3 Å². The molecule has 0 aliphatic carbocycles. The van der Waals surface area contributed by atoms with Crippen LogP contribution in [0.2, 0.25) is 5.02 Å². The van der Waals surface area contributed by atoms with Crippen molar-refractivity contribution in [2.75, 3.05) is 19.1 Å². The zero-order valence-corrected chi connectivity index (χ0v) is 12.8. The number of amides is 1. The van der Waals surface area contributed by atoms with Gasteiger partial charge in [-0.2, -0.15) is 5.10 Å². The van der Waals surface area contributed by atoms with Crippen LogP contribution in [0.3, 0.4) is 0 Å². The van der Waals surface area contributed by atoms with Gasteiger partial charge in [0, 0.05) is 24.5 Å². The minimum atomic E-state index is -0.431. The molecular weight excluding hydrogens is 304 g/mol. The Bertz CT molecular complexity index is 846. The minimum absolute atomic E-state index is 0.431. The van der Waals surface area contributed by atoms with Gasteiger partial charge in [0.2, 0.25) is 0 Å². The number of carbonyl (C=O) groups is 1. The van der Waals surface area contributed by atoms with Gasteiger partial charge in [0.15, 0.2) is 5.65 Å². The number of halogens is 1. The molecule has 22 heavy (non-hydrogen) atoms. The van der Waals surface area contributed by atoms with Gasteiger partial charge in [0.05, 0.1) is 19.0 Å². The summed E-state index contributed by atoms with van der Waals surface area (Å²) < 4.78 is 6.39. The van der Waals surface area contributed by atoms with E-state index in [0.717, 1.165) is 11.3 Å². The molecule has 0 atom stereocenters. The van der Waals surface area contributed by atoms with Crippen molar-refractivity contribution in [2.45, 2.75) is 0 Å². The first-order valence-corrected chi connectivity index (χ1v) is 6.90. The first kappa shape index (κ1) is 14.3. The molecule has 1 amide bonds. The standard InChI is InChI=1S/C15H13ClN4O2/c1-19(15(21)22-2)11-5-3-4-10(8-11)13-6-7-17-14-12(16)9-18-20(13)14/h3-9H,1-2H3. The largest absolute Gasteiger partial charge is 0.452 e. The quantitative estimate of drug-likeness (QED) is 0.728. The number of ether oxygens (including phenoxy) is 1. The average Bonchev–Trinajstić information content (AvgIpc) is 2.95.